The monoisotopic (exact) mass is 294 g/mol. The second kappa shape index (κ2) is 7.23. The van der Waals surface area contributed by atoms with Crippen LogP contribution in [0.3, 0.4) is 0 Å². The average molecular weight is 294 g/mol. The smallest absolute Gasteiger partial charge is 0.227 e. The highest BCUT2D eigenvalue weighted by Gasteiger charge is 2.27. The van der Waals surface area contributed by atoms with E-state index in [1.54, 1.807) is 0 Å². The lowest BCUT2D eigenvalue weighted by molar-refractivity contribution is -0.136. The fourth-order valence-corrected chi connectivity index (χ4v) is 2.94. The molecule has 1 amide bonds. The van der Waals surface area contributed by atoms with Crippen molar-refractivity contribution in [2.75, 3.05) is 13.1 Å². The summed E-state index contributed by atoms with van der Waals surface area (Å²) in [7, 11) is 0. The summed E-state index contributed by atoms with van der Waals surface area (Å²) in [5, 5.41) is 3.29. The Labute approximate surface area is 132 Å². The van der Waals surface area contributed by atoms with Crippen LogP contribution < -0.4 is 5.32 Å². The molecule has 1 fully saturated rings. The van der Waals surface area contributed by atoms with Gasteiger partial charge in [-0.1, -0.05) is 60.7 Å². The van der Waals surface area contributed by atoms with Crippen molar-refractivity contribution in [1.29, 1.82) is 0 Å². The minimum atomic E-state index is 0.118. The molecule has 1 aliphatic rings. The van der Waals surface area contributed by atoms with Gasteiger partial charge in [-0.3, -0.25) is 4.79 Å². The lowest BCUT2D eigenvalue weighted by atomic mass is 10.1. The fourth-order valence-electron chi connectivity index (χ4n) is 2.94. The summed E-state index contributed by atoms with van der Waals surface area (Å²) in [5.41, 5.74) is 2.36. The van der Waals surface area contributed by atoms with Crippen LogP contribution in [0.5, 0.6) is 0 Å². The first-order chi connectivity index (χ1) is 10.8. The molecule has 2 aromatic carbocycles. The quantitative estimate of drug-likeness (QED) is 0.919. The van der Waals surface area contributed by atoms with Gasteiger partial charge in [0.2, 0.25) is 5.91 Å². The lowest BCUT2D eigenvalue weighted by Gasteiger charge is -2.26. The Morgan fingerprint density at radius 2 is 1.50 bits per heavy atom. The molecule has 3 nitrogen and oxygen atoms in total. The molecule has 114 valence electrons. The molecule has 2 aromatic rings. The van der Waals surface area contributed by atoms with E-state index < -0.39 is 0 Å². The number of amides is 1. The Balaban J connectivity index is 1.76. The summed E-state index contributed by atoms with van der Waals surface area (Å²) < 4.78 is 0. The Hall–Kier alpha value is -2.13. The topological polar surface area (TPSA) is 32.3 Å². The van der Waals surface area contributed by atoms with Crippen molar-refractivity contribution in [3.8, 4) is 0 Å². The van der Waals surface area contributed by atoms with Crippen LogP contribution in [0.1, 0.15) is 17.5 Å². The van der Waals surface area contributed by atoms with Crippen LogP contribution in [0.25, 0.3) is 0 Å². The molecule has 3 heteroatoms. The maximum Gasteiger partial charge on any atom is 0.227 e. The van der Waals surface area contributed by atoms with E-state index in [-0.39, 0.29) is 11.8 Å². The average Bonchev–Trinajstić information content (AvgIpc) is 3.10. The van der Waals surface area contributed by atoms with Crippen LogP contribution >= 0.6 is 0 Å². The molecule has 1 unspecified atom stereocenters. The van der Waals surface area contributed by atoms with Crippen LogP contribution in [0.4, 0.5) is 0 Å². The predicted octanol–water partition coefficient (Wildman–Crippen LogP) is 2.82. The van der Waals surface area contributed by atoms with Crippen LogP contribution in [0, 0.1) is 5.92 Å². The van der Waals surface area contributed by atoms with Crippen molar-refractivity contribution in [1.82, 2.24) is 10.2 Å². The first-order valence-electron chi connectivity index (χ1n) is 7.90. The summed E-state index contributed by atoms with van der Waals surface area (Å²) in [6.07, 6.45) is 0.943. The van der Waals surface area contributed by atoms with Gasteiger partial charge in [-0.25, -0.2) is 0 Å². The Morgan fingerprint density at radius 3 is 1.95 bits per heavy atom. The van der Waals surface area contributed by atoms with E-state index in [0.29, 0.717) is 13.1 Å². The number of benzene rings is 2. The van der Waals surface area contributed by atoms with E-state index in [0.717, 1.165) is 19.5 Å². The summed E-state index contributed by atoms with van der Waals surface area (Å²) in [6.45, 7) is 3.09. The van der Waals surface area contributed by atoms with Crippen LogP contribution in [0.2, 0.25) is 0 Å². The van der Waals surface area contributed by atoms with E-state index in [1.165, 1.54) is 11.1 Å². The standard InChI is InChI=1S/C19H22N2O/c22-19(18-11-12-20-13-18)21(14-16-7-3-1-4-8-16)15-17-9-5-2-6-10-17/h1-10,18,20H,11-15H2. The zero-order valence-electron chi connectivity index (χ0n) is 12.7. The second-order valence-corrected chi connectivity index (χ2v) is 5.86. The van der Waals surface area contributed by atoms with Crippen molar-refractivity contribution >= 4 is 5.91 Å². The predicted molar refractivity (Wildman–Crippen MR) is 88.1 cm³/mol. The van der Waals surface area contributed by atoms with E-state index in [1.807, 2.05) is 41.3 Å². The van der Waals surface area contributed by atoms with Crippen LogP contribution in [-0.2, 0) is 17.9 Å². The number of nitrogens with one attached hydrogen (secondary N) is 1. The lowest BCUT2D eigenvalue weighted by Crippen LogP contribution is -2.36. The van der Waals surface area contributed by atoms with E-state index in [2.05, 4.69) is 29.6 Å². The summed E-state index contributed by atoms with van der Waals surface area (Å²) in [5.74, 6) is 0.380. The van der Waals surface area contributed by atoms with Crippen molar-refractivity contribution in [3.05, 3.63) is 71.8 Å². The molecular formula is C19H22N2O. The minimum Gasteiger partial charge on any atom is -0.334 e. The summed E-state index contributed by atoms with van der Waals surface area (Å²) >= 11 is 0. The number of carbonyl (C=O) groups is 1. The number of rotatable bonds is 5. The van der Waals surface area contributed by atoms with Gasteiger partial charge >= 0.3 is 0 Å². The third-order valence-corrected chi connectivity index (χ3v) is 4.15. The van der Waals surface area contributed by atoms with Gasteiger partial charge in [0.05, 0.1) is 5.92 Å². The highest BCUT2D eigenvalue weighted by molar-refractivity contribution is 5.79. The number of nitrogens with zero attached hydrogens (tertiary/aromatic N) is 1. The fraction of sp³-hybridized carbons (Fsp3) is 0.316. The Kier molecular flexibility index (Phi) is 4.86. The molecule has 0 spiro atoms. The van der Waals surface area contributed by atoms with Gasteiger partial charge in [0, 0.05) is 19.6 Å². The van der Waals surface area contributed by atoms with Crippen molar-refractivity contribution in [2.45, 2.75) is 19.5 Å². The zero-order valence-corrected chi connectivity index (χ0v) is 12.7. The largest absolute Gasteiger partial charge is 0.334 e. The molecule has 1 atom stereocenters. The molecule has 1 N–H and O–H groups in total. The third-order valence-electron chi connectivity index (χ3n) is 4.15. The maximum absolute atomic E-state index is 12.8. The normalized spacial score (nSPS) is 17.4. The minimum absolute atomic E-state index is 0.118. The maximum atomic E-state index is 12.8. The van der Waals surface area contributed by atoms with E-state index >= 15 is 0 Å². The molecular weight excluding hydrogens is 272 g/mol. The van der Waals surface area contributed by atoms with Gasteiger partial charge in [-0.2, -0.15) is 0 Å². The molecule has 0 aliphatic carbocycles. The van der Waals surface area contributed by atoms with Crippen LogP contribution in [0.15, 0.2) is 60.7 Å². The van der Waals surface area contributed by atoms with E-state index in [4.69, 9.17) is 0 Å². The van der Waals surface area contributed by atoms with Gasteiger partial charge in [-0.15, -0.1) is 0 Å². The highest BCUT2D eigenvalue weighted by Crippen LogP contribution is 2.17. The molecule has 1 saturated heterocycles. The molecule has 1 aliphatic heterocycles. The van der Waals surface area contributed by atoms with Gasteiger partial charge in [0.1, 0.15) is 0 Å². The molecule has 0 aromatic heterocycles. The number of carbonyl (C=O) groups excluding carboxylic acids is 1. The highest BCUT2D eigenvalue weighted by atomic mass is 16.2. The van der Waals surface area contributed by atoms with Gasteiger partial charge in [-0.05, 0) is 24.1 Å². The SMILES string of the molecule is O=C(C1CCNC1)N(Cc1ccccc1)Cc1ccccc1. The summed E-state index contributed by atoms with van der Waals surface area (Å²) in [6, 6.07) is 20.4. The van der Waals surface area contributed by atoms with Crippen molar-refractivity contribution in [2.24, 2.45) is 5.92 Å². The van der Waals surface area contributed by atoms with Crippen molar-refractivity contribution in [3.63, 3.8) is 0 Å². The number of hydrogen-bond acceptors (Lipinski definition) is 2. The number of hydrogen-bond donors (Lipinski definition) is 1. The van der Waals surface area contributed by atoms with Gasteiger partial charge in [0.25, 0.3) is 0 Å². The molecule has 3 rings (SSSR count). The Morgan fingerprint density at radius 1 is 0.955 bits per heavy atom. The molecule has 0 radical (unpaired) electrons. The van der Waals surface area contributed by atoms with Gasteiger partial charge in [0.15, 0.2) is 0 Å². The first kappa shape index (κ1) is 14.8. The van der Waals surface area contributed by atoms with Crippen molar-refractivity contribution < 1.29 is 4.79 Å². The molecule has 1 heterocycles. The van der Waals surface area contributed by atoms with Gasteiger partial charge < -0.3 is 10.2 Å². The molecule has 0 bridgehead atoms. The zero-order chi connectivity index (χ0) is 15.2. The molecule has 0 saturated carbocycles. The Bertz CT molecular complexity index is 550. The molecule has 22 heavy (non-hydrogen) atoms. The van der Waals surface area contributed by atoms with E-state index in [9.17, 15) is 4.79 Å². The van der Waals surface area contributed by atoms with Crippen LogP contribution in [-0.4, -0.2) is 23.9 Å². The third kappa shape index (κ3) is 3.74. The first-order valence-corrected chi connectivity index (χ1v) is 7.90. The second-order valence-electron chi connectivity index (χ2n) is 5.86. The summed E-state index contributed by atoms with van der Waals surface area (Å²) in [4.78, 5) is 14.8.